The third-order valence-corrected chi connectivity index (χ3v) is 16.5. The fourth-order valence-electron chi connectivity index (χ4n) is 11.0. The van der Waals surface area contributed by atoms with Gasteiger partial charge in [-0.2, -0.15) is 0 Å². The molecule has 0 bridgehead atoms. The number of nitrogens with one attached hydrogen (secondary N) is 1. The van der Waals surface area contributed by atoms with E-state index in [0.717, 1.165) is 77.0 Å². The number of carbonyl (C=O) groups is 1. The lowest BCUT2D eigenvalue weighted by molar-refractivity contribution is -0.359. The molecular weight excluding hydrogens is 1100 g/mol. The molecule has 14 nitrogen and oxygen atoms in total. The van der Waals surface area contributed by atoms with Gasteiger partial charge in [-0.3, -0.25) is 4.79 Å². The largest absolute Gasteiger partial charge is 0.394 e. The summed E-state index contributed by atoms with van der Waals surface area (Å²) in [6.07, 6.45) is 63.2. The van der Waals surface area contributed by atoms with Crippen molar-refractivity contribution in [3.63, 3.8) is 0 Å². The van der Waals surface area contributed by atoms with Crippen LogP contribution in [0.3, 0.4) is 0 Å². The van der Waals surface area contributed by atoms with Gasteiger partial charge in [0.05, 0.1) is 32.0 Å². The maximum absolute atomic E-state index is 13.3. The zero-order chi connectivity index (χ0) is 63.1. The summed E-state index contributed by atoms with van der Waals surface area (Å²) in [5, 5.41) is 87.4. The van der Waals surface area contributed by atoms with Crippen LogP contribution >= 0.6 is 0 Å². The highest BCUT2D eigenvalue weighted by Crippen LogP contribution is 2.30. The first-order valence-corrected chi connectivity index (χ1v) is 35.0. The minimum Gasteiger partial charge on any atom is -0.394 e. The highest BCUT2D eigenvalue weighted by molar-refractivity contribution is 5.76. The van der Waals surface area contributed by atoms with Gasteiger partial charge in [-0.15, -0.1) is 0 Å². The van der Waals surface area contributed by atoms with Gasteiger partial charge in [0, 0.05) is 6.42 Å². The number of hydrogen-bond donors (Lipinski definition) is 9. The Morgan fingerprint density at radius 3 is 1.26 bits per heavy atom. The first-order chi connectivity index (χ1) is 42.6. The van der Waals surface area contributed by atoms with Gasteiger partial charge in [-0.1, -0.05) is 272 Å². The van der Waals surface area contributed by atoms with Gasteiger partial charge in [-0.05, 0) is 83.5 Å². The Morgan fingerprint density at radius 1 is 0.425 bits per heavy atom. The average molecular weight is 1230 g/mol. The van der Waals surface area contributed by atoms with Crippen molar-refractivity contribution < 1.29 is 64.6 Å². The van der Waals surface area contributed by atoms with Gasteiger partial charge >= 0.3 is 0 Å². The first kappa shape index (κ1) is 80.0. The van der Waals surface area contributed by atoms with Gasteiger partial charge in [0.2, 0.25) is 5.91 Å². The Morgan fingerprint density at radius 2 is 0.805 bits per heavy atom. The van der Waals surface area contributed by atoms with Gasteiger partial charge in [-0.25, -0.2) is 0 Å². The van der Waals surface area contributed by atoms with Gasteiger partial charge < -0.3 is 65.1 Å². The molecule has 0 aromatic heterocycles. The van der Waals surface area contributed by atoms with Crippen molar-refractivity contribution in [1.29, 1.82) is 0 Å². The van der Waals surface area contributed by atoms with Crippen LogP contribution in [0.5, 0.6) is 0 Å². The van der Waals surface area contributed by atoms with Crippen molar-refractivity contribution in [2.24, 2.45) is 0 Å². The summed E-state index contributed by atoms with van der Waals surface area (Å²) in [7, 11) is 0. The third kappa shape index (κ3) is 41.1. The van der Waals surface area contributed by atoms with E-state index in [0.29, 0.717) is 12.8 Å². The maximum Gasteiger partial charge on any atom is 0.220 e. The van der Waals surface area contributed by atoms with Crippen LogP contribution in [0.25, 0.3) is 0 Å². The lowest BCUT2D eigenvalue weighted by Crippen LogP contribution is -2.65. The van der Waals surface area contributed by atoms with Gasteiger partial charge in [0.1, 0.15) is 48.8 Å². The summed E-state index contributed by atoms with van der Waals surface area (Å²) in [4.78, 5) is 13.3. The summed E-state index contributed by atoms with van der Waals surface area (Å²) >= 11 is 0. The maximum atomic E-state index is 13.3. The second-order valence-corrected chi connectivity index (χ2v) is 24.3. The highest BCUT2D eigenvalue weighted by atomic mass is 16.7. The van der Waals surface area contributed by atoms with Crippen molar-refractivity contribution in [2.75, 3.05) is 19.8 Å². The molecule has 2 aliphatic rings. The molecule has 2 aliphatic heterocycles. The second kappa shape index (κ2) is 56.9. The van der Waals surface area contributed by atoms with Crippen LogP contribution in [0.2, 0.25) is 0 Å². The van der Waals surface area contributed by atoms with Crippen molar-refractivity contribution in [2.45, 2.75) is 338 Å². The number of allylic oxidation sites excluding steroid dienone is 15. The molecular formula is C73H127NO13. The van der Waals surface area contributed by atoms with E-state index >= 15 is 0 Å². The fraction of sp³-hybridized carbons (Fsp3) is 0.767. The molecule has 0 saturated carbocycles. The molecule has 0 radical (unpaired) electrons. The summed E-state index contributed by atoms with van der Waals surface area (Å²) in [6, 6.07) is -0.954. The number of aliphatic hydroxyl groups excluding tert-OH is 8. The van der Waals surface area contributed by atoms with Crippen LogP contribution in [0.4, 0.5) is 0 Å². The van der Waals surface area contributed by atoms with Crippen LogP contribution in [0.15, 0.2) is 97.2 Å². The predicted molar refractivity (Wildman–Crippen MR) is 355 cm³/mol. The normalized spacial score (nSPS) is 23.9. The van der Waals surface area contributed by atoms with Crippen LogP contribution < -0.4 is 5.32 Å². The number of amides is 1. The third-order valence-electron chi connectivity index (χ3n) is 16.5. The van der Waals surface area contributed by atoms with Crippen molar-refractivity contribution in [3.05, 3.63) is 97.2 Å². The minimum atomic E-state index is -1.80. The summed E-state index contributed by atoms with van der Waals surface area (Å²) in [5.74, 6) is -0.275. The van der Waals surface area contributed by atoms with E-state index in [9.17, 15) is 45.6 Å². The molecule has 2 rings (SSSR count). The Bertz CT molecular complexity index is 1830. The summed E-state index contributed by atoms with van der Waals surface area (Å²) in [6.45, 7) is 2.67. The Labute approximate surface area is 528 Å². The Balaban J connectivity index is 1.72. The van der Waals surface area contributed by atoms with Crippen LogP contribution in [0, 0.1) is 0 Å². The predicted octanol–water partition coefficient (Wildman–Crippen LogP) is 14.2. The monoisotopic (exact) mass is 1230 g/mol. The lowest BCUT2D eigenvalue weighted by atomic mass is 9.97. The number of ether oxygens (including phenoxy) is 4. The number of carbonyl (C=O) groups excluding carboxylic acids is 1. The molecule has 87 heavy (non-hydrogen) atoms. The molecule has 12 unspecified atom stereocenters. The number of rotatable bonds is 56. The number of unbranched alkanes of at least 4 members (excludes halogenated alkanes) is 29. The zero-order valence-corrected chi connectivity index (χ0v) is 54.5. The number of hydrogen-bond acceptors (Lipinski definition) is 13. The van der Waals surface area contributed by atoms with E-state index in [4.69, 9.17) is 18.9 Å². The topological polar surface area (TPSA) is 228 Å². The molecule has 1 amide bonds. The molecule has 2 heterocycles. The Hall–Kier alpha value is -3.09. The first-order valence-electron chi connectivity index (χ1n) is 35.0. The average Bonchev–Trinajstić information content (AvgIpc) is 2.33. The smallest absolute Gasteiger partial charge is 0.220 e. The molecule has 12 atom stereocenters. The highest BCUT2D eigenvalue weighted by Gasteiger charge is 2.51. The molecule has 0 spiro atoms. The van der Waals surface area contributed by atoms with E-state index in [1.54, 1.807) is 6.08 Å². The van der Waals surface area contributed by atoms with E-state index in [2.05, 4.69) is 104 Å². The van der Waals surface area contributed by atoms with E-state index < -0.39 is 86.8 Å². The summed E-state index contributed by atoms with van der Waals surface area (Å²) in [5.41, 5.74) is 0. The molecule has 0 aromatic rings. The second-order valence-electron chi connectivity index (χ2n) is 24.3. The molecule has 2 saturated heterocycles. The van der Waals surface area contributed by atoms with Crippen LogP contribution in [-0.4, -0.2) is 140 Å². The quantitative estimate of drug-likeness (QED) is 0.0204. The van der Waals surface area contributed by atoms with Crippen LogP contribution in [0.1, 0.15) is 264 Å². The molecule has 9 N–H and O–H groups in total. The van der Waals surface area contributed by atoms with Crippen molar-refractivity contribution in [1.82, 2.24) is 5.32 Å². The molecule has 2 fully saturated rings. The number of aliphatic hydroxyl groups is 8. The summed E-state index contributed by atoms with van der Waals surface area (Å²) < 4.78 is 22.8. The molecule has 0 aliphatic carbocycles. The van der Waals surface area contributed by atoms with Crippen molar-refractivity contribution >= 4 is 5.91 Å². The van der Waals surface area contributed by atoms with Crippen molar-refractivity contribution in [3.8, 4) is 0 Å². The van der Waals surface area contributed by atoms with Gasteiger partial charge in [0.15, 0.2) is 12.6 Å². The van der Waals surface area contributed by atoms with Gasteiger partial charge in [0.25, 0.3) is 0 Å². The molecule has 0 aromatic carbocycles. The fourth-order valence-corrected chi connectivity index (χ4v) is 11.0. The van der Waals surface area contributed by atoms with Crippen LogP contribution in [-0.2, 0) is 23.7 Å². The Kier molecular flexibility index (Phi) is 52.3. The van der Waals surface area contributed by atoms with E-state index in [1.165, 1.54) is 154 Å². The molecule has 14 heteroatoms. The standard InChI is InChI=1S/C73H127NO13/c1-3-5-7-9-11-13-15-17-19-21-23-25-27-28-29-30-31-32-33-35-36-38-40-42-44-46-48-50-52-54-56-62(77)61(60-84-72-70(83)68(81)71(64(59-76)86-72)87-73-69(82)67(80)66(79)63(58-75)85-73)74-65(78)57-55-53-51-49-47-45-43-41-39-37-34-26-24-22-20-18-16-14-12-10-8-6-4-2/h6,8,12,14,18,20,24,26,37,39,43,45-46,48,54,56,61-64,66-73,75-77,79-83H,3-5,7,9-11,13,15-17,19,21-23,25,27-36,38,40-42,44,47,49-53,55,57-60H2,1-2H3,(H,74,78)/b8-6-,14-12-,20-18-,26-24-,39-37-,45-43-,48-46+,56-54+. The van der Waals surface area contributed by atoms with E-state index in [1.807, 2.05) is 6.08 Å². The zero-order valence-electron chi connectivity index (χ0n) is 54.5. The lowest BCUT2D eigenvalue weighted by Gasteiger charge is -2.46. The minimum absolute atomic E-state index is 0.238. The van der Waals surface area contributed by atoms with E-state index in [-0.39, 0.29) is 18.9 Å². The SMILES string of the molecule is CC/C=C\C/C=C\C/C=C\C/C=C\C/C=C\C/C=C\CCCCCCC(=O)NC(COC1OC(CO)C(OC2OC(CO)C(O)C(O)C2O)C(O)C1O)C(O)/C=C/CC/C=C/CCCCCCCCCCCCCCCCCCCCCCCCCC. The molecule has 502 valence electrons.